The number of hydrogen-bond donors (Lipinski definition) is 1. The van der Waals surface area contributed by atoms with Gasteiger partial charge in [-0.1, -0.05) is 19.9 Å². The van der Waals surface area contributed by atoms with Crippen molar-refractivity contribution in [3.63, 3.8) is 0 Å². The van der Waals surface area contributed by atoms with Gasteiger partial charge in [-0.2, -0.15) is 5.10 Å². The third-order valence-corrected chi connectivity index (χ3v) is 5.46. The standard InChI is InChI=1S/C26H37FN6O2/c1-6-8-10-24-30-26(22-11-12-23(27)20(3)17-22)31-33(24)15-9-14-32(16-13-28-19-34)25(29-7-2)18-21(4)35-5/h7,11-12,17-19H,4,6,8-10,13-16H2,1-3,5H3,(H,28,34)/b25-18+,29-7-. The van der Waals surface area contributed by atoms with Gasteiger partial charge in [-0.05, 0) is 50.5 Å². The minimum atomic E-state index is -0.238. The molecule has 0 saturated carbocycles. The fourth-order valence-corrected chi connectivity index (χ4v) is 3.54. The molecule has 0 aliphatic carbocycles. The molecular weight excluding hydrogens is 447 g/mol. The van der Waals surface area contributed by atoms with Crippen LogP contribution in [0, 0.1) is 12.7 Å². The zero-order valence-electron chi connectivity index (χ0n) is 21.3. The summed E-state index contributed by atoms with van der Waals surface area (Å²) >= 11 is 0. The number of aromatic nitrogens is 3. The van der Waals surface area contributed by atoms with E-state index >= 15 is 0 Å². The second kappa shape index (κ2) is 14.7. The molecule has 1 amide bonds. The molecule has 0 aliphatic rings. The molecule has 0 fully saturated rings. The number of aliphatic imine (C=N–C) groups is 1. The van der Waals surface area contributed by atoms with E-state index in [-0.39, 0.29) is 5.82 Å². The van der Waals surface area contributed by atoms with E-state index < -0.39 is 0 Å². The van der Waals surface area contributed by atoms with Gasteiger partial charge >= 0.3 is 0 Å². The second-order valence-electron chi connectivity index (χ2n) is 8.12. The van der Waals surface area contributed by atoms with Crippen molar-refractivity contribution in [2.45, 2.75) is 53.0 Å². The number of carbonyl (C=O) groups excluding carboxylic acids is 1. The third-order valence-electron chi connectivity index (χ3n) is 5.46. The van der Waals surface area contributed by atoms with E-state index in [1.807, 2.05) is 11.6 Å². The van der Waals surface area contributed by atoms with Crippen LogP contribution in [0.3, 0.4) is 0 Å². The SMILES string of the molecule is C=C(/C=C(\N=C/C)N(CCCn1nc(-c2ccc(F)c(C)c2)nc1CCCC)CCNC=O)OC. The second-order valence-corrected chi connectivity index (χ2v) is 8.12. The Hall–Kier alpha value is -3.49. The summed E-state index contributed by atoms with van der Waals surface area (Å²) in [5.74, 6) is 2.50. The molecule has 1 N–H and O–H groups in total. The van der Waals surface area contributed by atoms with E-state index in [0.29, 0.717) is 55.6 Å². The van der Waals surface area contributed by atoms with Gasteiger partial charge in [0.1, 0.15) is 23.2 Å². The summed E-state index contributed by atoms with van der Waals surface area (Å²) in [5.41, 5.74) is 1.38. The average molecular weight is 485 g/mol. The molecule has 9 heteroatoms. The maximum absolute atomic E-state index is 13.7. The Morgan fingerprint density at radius 1 is 1.34 bits per heavy atom. The fraction of sp³-hybridized carbons (Fsp3) is 0.462. The molecule has 0 bridgehead atoms. The number of nitrogens with one attached hydrogen (secondary N) is 1. The zero-order chi connectivity index (χ0) is 25.6. The Kier molecular flexibility index (Phi) is 11.7. The van der Waals surface area contributed by atoms with Gasteiger partial charge < -0.3 is 15.0 Å². The Morgan fingerprint density at radius 3 is 2.80 bits per heavy atom. The molecule has 0 aliphatic heterocycles. The number of unbranched alkanes of at least 4 members (excludes halogenated alkanes) is 1. The minimum absolute atomic E-state index is 0.238. The first-order valence-electron chi connectivity index (χ1n) is 12.0. The number of hydrogen-bond acceptors (Lipinski definition) is 6. The first kappa shape index (κ1) is 27.8. The van der Waals surface area contributed by atoms with Gasteiger partial charge in [0.15, 0.2) is 5.82 Å². The number of methoxy groups -OCH3 is 1. The normalized spacial score (nSPS) is 11.6. The highest BCUT2D eigenvalue weighted by atomic mass is 19.1. The predicted octanol–water partition coefficient (Wildman–Crippen LogP) is 4.27. The van der Waals surface area contributed by atoms with Crippen LogP contribution in [0.25, 0.3) is 11.4 Å². The largest absolute Gasteiger partial charge is 0.497 e. The summed E-state index contributed by atoms with van der Waals surface area (Å²) in [6, 6.07) is 4.96. The molecule has 0 spiro atoms. The van der Waals surface area contributed by atoms with Gasteiger partial charge in [0.2, 0.25) is 6.41 Å². The van der Waals surface area contributed by atoms with Crippen molar-refractivity contribution in [2.24, 2.45) is 4.99 Å². The van der Waals surface area contributed by atoms with Crippen molar-refractivity contribution in [3.8, 4) is 11.4 Å². The summed E-state index contributed by atoms with van der Waals surface area (Å²) in [5, 5.41) is 7.45. The van der Waals surface area contributed by atoms with E-state index in [1.165, 1.54) is 6.07 Å². The molecular formula is C26H37FN6O2. The number of carbonyl (C=O) groups is 1. The van der Waals surface area contributed by atoms with Gasteiger partial charge in [-0.15, -0.1) is 0 Å². The molecule has 0 radical (unpaired) electrons. The van der Waals surface area contributed by atoms with Crippen LogP contribution in [-0.4, -0.2) is 59.0 Å². The van der Waals surface area contributed by atoms with Gasteiger partial charge in [-0.25, -0.2) is 19.0 Å². The van der Waals surface area contributed by atoms with Crippen LogP contribution >= 0.6 is 0 Å². The smallest absolute Gasteiger partial charge is 0.207 e. The van der Waals surface area contributed by atoms with Gasteiger partial charge in [0.05, 0.1) is 7.11 Å². The molecule has 2 aromatic rings. The lowest BCUT2D eigenvalue weighted by Gasteiger charge is -2.25. The van der Waals surface area contributed by atoms with Crippen molar-refractivity contribution in [3.05, 3.63) is 59.6 Å². The van der Waals surface area contributed by atoms with Crippen LogP contribution in [0.15, 0.2) is 47.4 Å². The number of aryl methyl sites for hydroxylation is 3. The van der Waals surface area contributed by atoms with Crippen LogP contribution in [-0.2, 0) is 22.5 Å². The van der Waals surface area contributed by atoms with E-state index in [2.05, 4.69) is 28.7 Å². The molecule has 1 aromatic carbocycles. The van der Waals surface area contributed by atoms with Crippen LogP contribution in [0.2, 0.25) is 0 Å². The predicted molar refractivity (Wildman–Crippen MR) is 137 cm³/mol. The van der Waals surface area contributed by atoms with E-state index in [9.17, 15) is 9.18 Å². The minimum Gasteiger partial charge on any atom is -0.497 e. The molecule has 1 aromatic heterocycles. The van der Waals surface area contributed by atoms with E-state index in [0.717, 1.165) is 37.1 Å². The van der Waals surface area contributed by atoms with Crippen LogP contribution in [0.5, 0.6) is 0 Å². The molecule has 0 unspecified atom stereocenters. The Labute approximate surface area is 207 Å². The van der Waals surface area contributed by atoms with Crippen molar-refractivity contribution in [1.82, 2.24) is 25.0 Å². The number of rotatable bonds is 16. The maximum atomic E-state index is 13.7. The highest BCUT2D eigenvalue weighted by molar-refractivity contribution is 5.56. The van der Waals surface area contributed by atoms with Gasteiger partial charge in [0.25, 0.3) is 0 Å². The van der Waals surface area contributed by atoms with Crippen molar-refractivity contribution < 1.29 is 13.9 Å². The van der Waals surface area contributed by atoms with E-state index in [1.54, 1.807) is 38.5 Å². The van der Waals surface area contributed by atoms with Crippen molar-refractivity contribution in [2.75, 3.05) is 26.7 Å². The lowest BCUT2D eigenvalue weighted by Crippen LogP contribution is -2.32. The molecule has 190 valence electrons. The first-order valence-corrected chi connectivity index (χ1v) is 12.0. The number of allylic oxidation sites excluding steroid dienone is 1. The first-order chi connectivity index (χ1) is 16.9. The summed E-state index contributed by atoms with van der Waals surface area (Å²) in [4.78, 5) is 22.1. The number of amides is 1. The highest BCUT2D eigenvalue weighted by Crippen LogP contribution is 2.20. The van der Waals surface area contributed by atoms with Crippen molar-refractivity contribution >= 4 is 12.6 Å². The average Bonchev–Trinajstić information content (AvgIpc) is 3.26. The summed E-state index contributed by atoms with van der Waals surface area (Å²) in [7, 11) is 1.56. The van der Waals surface area contributed by atoms with Gasteiger partial charge in [0, 0.05) is 50.5 Å². The Bertz CT molecular complexity index is 1030. The maximum Gasteiger partial charge on any atom is 0.207 e. The van der Waals surface area contributed by atoms with Crippen molar-refractivity contribution in [1.29, 1.82) is 0 Å². The number of halogens is 1. The molecule has 0 saturated heterocycles. The lowest BCUT2D eigenvalue weighted by atomic mass is 10.1. The summed E-state index contributed by atoms with van der Waals surface area (Å²) < 4.78 is 20.9. The molecule has 8 nitrogen and oxygen atoms in total. The van der Waals surface area contributed by atoms with Crippen LogP contribution in [0.1, 0.15) is 44.5 Å². The lowest BCUT2D eigenvalue weighted by molar-refractivity contribution is -0.109. The highest BCUT2D eigenvalue weighted by Gasteiger charge is 2.14. The molecule has 0 atom stereocenters. The number of ether oxygens (including phenoxy) is 1. The Balaban J connectivity index is 2.21. The fourth-order valence-electron chi connectivity index (χ4n) is 3.54. The summed E-state index contributed by atoms with van der Waals surface area (Å²) in [6.07, 6.45) is 7.86. The molecule has 2 rings (SSSR count). The quantitative estimate of drug-likeness (QED) is 0.126. The van der Waals surface area contributed by atoms with E-state index in [4.69, 9.17) is 14.8 Å². The topological polar surface area (TPSA) is 84.6 Å². The van der Waals surface area contributed by atoms with Crippen LogP contribution < -0.4 is 5.32 Å². The van der Waals surface area contributed by atoms with Gasteiger partial charge in [-0.3, -0.25) is 4.79 Å². The third kappa shape index (κ3) is 8.66. The Morgan fingerprint density at radius 2 is 2.14 bits per heavy atom. The molecule has 1 heterocycles. The monoisotopic (exact) mass is 484 g/mol. The zero-order valence-corrected chi connectivity index (χ0v) is 21.3. The van der Waals surface area contributed by atoms with Crippen LogP contribution in [0.4, 0.5) is 4.39 Å². The number of nitrogens with zero attached hydrogens (tertiary/aromatic N) is 5. The molecule has 35 heavy (non-hydrogen) atoms. The number of benzene rings is 1. The summed E-state index contributed by atoms with van der Waals surface area (Å²) in [6.45, 7) is 12.0.